The van der Waals surface area contributed by atoms with Crippen LogP contribution in [0.5, 0.6) is 0 Å². The van der Waals surface area contributed by atoms with Gasteiger partial charge in [-0.15, -0.1) is 0 Å². The van der Waals surface area contributed by atoms with E-state index in [-0.39, 0.29) is 17.4 Å². The van der Waals surface area contributed by atoms with Crippen molar-refractivity contribution in [3.63, 3.8) is 0 Å². The van der Waals surface area contributed by atoms with Crippen molar-refractivity contribution in [2.24, 2.45) is 5.73 Å². The van der Waals surface area contributed by atoms with Gasteiger partial charge >= 0.3 is 0 Å². The van der Waals surface area contributed by atoms with Crippen molar-refractivity contribution in [1.29, 1.82) is 0 Å². The number of nitrogens with zero attached hydrogens (tertiary/aromatic N) is 1. The zero-order valence-corrected chi connectivity index (χ0v) is 12.3. The number of nitro groups is 1. The van der Waals surface area contributed by atoms with Crippen LogP contribution in [-0.4, -0.2) is 16.6 Å². The SMILES string of the molecule is CC(N)=O.Cc1cc([N+](=O)[O-])ccc1C(=O)c1ccccc1. The number of carbonyl (C=O) groups is 2. The van der Waals surface area contributed by atoms with Gasteiger partial charge in [-0.25, -0.2) is 0 Å². The lowest BCUT2D eigenvalue weighted by atomic mass is 9.99. The fourth-order valence-corrected chi connectivity index (χ4v) is 1.76. The Bertz CT molecular complexity index is 693. The summed E-state index contributed by atoms with van der Waals surface area (Å²) >= 11 is 0. The summed E-state index contributed by atoms with van der Waals surface area (Å²) in [5.74, 6) is -0.456. The van der Waals surface area contributed by atoms with Gasteiger partial charge in [-0.2, -0.15) is 0 Å². The molecule has 2 rings (SSSR count). The van der Waals surface area contributed by atoms with Crippen LogP contribution in [0.4, 0.5) is 5.69 Å². The third kappa shape index (κ3) is 4.82. The molecule has 0 saturated carbocycles. The van der Waals surface area contributed by atoms with Gasteiger partial charge in [0.25, 0.3) is 5.69 Å². The summed E-state index contributed by atoms with van der Waals surface area (Å²) < 4.78 is 0. The van der Waals surface area contributed by atoms with Crippen LogP contribution in [0.3, 0.4) is 0 Å². The van der Waals surface area contributed by atoms with Crippen molar-refractivity contribution in [2.75, 3.05) is 0 Å². The molecule has 2 N–H and O–H groups in total. The van der Waals surface area contributed by atoms with Crippen LogP contribution in [0, 0.1) is 17.0 Å². The fraction of sp³-hybridized carbons (Fsp3) is 0.125. The third-order valence-corrected chi connectivity index (χ3v) is 2.70. The second kappa shape index (κ2) is 7.68. The van der Waals surface area contributed by atoms with Gasteiger partial charge in [0.2, 0.25) is 5.91 Å². The Hall–Kier alpha value is -3.02. The van der Waals surface area contributed by atoms with Crippen molar-refractivity contribution in [1.82, 2.24) is 0 Å². The van der Waals surface area contributed by atoms with Crippen LogP contribution < -0.4 is 5.73 Å². The second-order valence-corrected chi connectivity index (χ2v) is 4.56. The number of carbonyl (C=O) groups excluding carboxylic acids is 2. The van der Waals surface area contributed by atoms with Crippen molar-refractivity contribution in [2.45, 2.75) is 13.8 Å². The first-order chi connectivity index (χ1) is 10.3. The number of aryl methyl sites for hydroxylation is 1. The first-order valence-electron chi connectivity index (χ1n) is 6.43. The minimum atomic E-state index is -0.468. The van der Waals surface area contributed by atoms with Crippen molar-refractivity contribution >= 4 is 17.4 Å². The Morgan fingerprint density at radius 1 is 1.09 bits per heavy atom. The van der Waals surface area contributed by atoms with Gasteiger partial charge in [-0.3, -0.25) is 19.7 Å². The minimum Gasteiger partial charge on any atom is -0.370 e. The number of non-ortho nitro benzene ring substituents is 1. The fourth-order valence-electron chi connectivity index (χ4n) is 1.76. The quantitative estimate of drug-likeness (QED) is 0.534. The van der Waals surface area contributed by atoms with E-state index in [2.05, 4.69) is 5.73 Å². The van der Waals surface area contributed by atoms with E-state index in [9.17, 15) is 19.7 Å². The van der Waals surface area contributed by atoms with E-state index >= 15 is 0 Å². The predicted octanol–water partition coefficient (Wildman–Crippen LogP) is 2.63. The van der Waals surface area contributed by atoms with E-state index in [1.54, 1.807) is 31.2 Å². The van der Waals surface area contributed by atoms with Crippen LogP contribution in [0.25, 0.3) is 0 Å². The molecule has 2 aromatic carbocycles. The molecule has 0 aliphatic carbocycles. The standard InChI is InChI=1S/C14H11NO3.C2H5NO/c1-10-9-12(15(17)18)7-8-13(10)14(16)11-5-3-2-4-6-11;1-2(3)4/h2-9H,1H3;1H3,(H2,3,4). The zero-order valence-electron chi connectivity index (χ0n) is 12.3. The lowest BCUT2D eigenvalue weighted by Gasteiger charge is -2.04. The molecule has 0 aliphatic rings. The Kier molecular flexibility index (Phi) is 5.95. The highest BCUT2D eigenvalue weighted by Gasteiger charge is 2.14. The summed E-state index contributed by atoms with van der Waals surface area (Å²) in [4.78, 5) is 31.6. The molecule has 0 heterocycles. The van der Waals surface area contributed by atoms with E-state index in [1.165, 1.54) is 25.1 Å². The Morgan fingerprint density at radius 3 is 2.09 bits per heavy atom. The molecule has 1 amide bonds. The number of rotatable bonds is 3. The normalized spacial score (nSPS) is 9.36. The summed E-state index contributed by atoms with van der Waals surface area (Å²) in [6.07, 6.45) is 0. The van der Waals surface area contributed by atoms with Crippen molar-refractivity contribution in [3.05, 3.63) is 75.3 Å². The maximum Gasteiger partial charge on any atom is 0.269 e. The summed E-state index contributed by atoms with van der Waals surface area (Å²) in [6.45, 7) is 3.00. The highest BCUT2D eigenvalue weighted by Crippen LogP contribution is 2.19. The molecule has 114 valence electrons. The Morgan fingerprint density at radius 2 is 1.64 bits per heavy atom. The average Bonchev–Trinajstić information content (AvgIpc) is 2.46. The van der Waals surface area contributed by atoms with Crippen LogP contribution >= 0.6 is 0 Å². The van der Waals surface area contributed by atoms with E-state index in [1.807, 2.05) is 6.07 Å². The zero-order chi connectivity index (χ0) is 16.7. The van der Waals surface area contributed by atoms with Gasteiger partial charge in [0.15, 0.2) is 5.78 Å². The predicted molar refractivity (Wildman–Crippen MR) is 82.6 cm³/mol. The lowest BCUT2D eigenvalue weighted by molar-refractivity contribution is -0.384. The van der Waals surface area contributed by atoms with Crippen molar-refractivity contribution in [3.8, 4) is 0 Å². The topological polar surface area (TPSA) is 103 Å². The van der Waals surface area contributed by atoms with Gasteiger partial charge in [-0.05, 0) is 18.6 Å². The number of ketones is 1. The number of benzene rings is 2. The summed E-state index contributed by atoms with van der Waals surface area (Å²) in [5.41, 5.74) is 6.15. The molecule has 0 radical (unpaired) electrons. The molecular formula is C16H16N2O4. The number of amides is 1. The maximum absolute atomic E-state index is 12.2. The average molecular weight is 300 g/mol. The summed E-state index contributed by atoms with van der Waals surface area (Å²) in [6, 6.07) is 13.1. The van der Waals surface area contributed by atoms with Crippen LogP contribution in [0.15, 0.2) is 48.5 Å². The molecule has 0 bridgehead atoms. The van der Waals surface area contributed by atoms with Gasteiger partial charge in [0.1, 0.15) is 0 Å². The van der Waals surface area contributed by atoms with Gasteiger partial charge < -0.3 is 5.73 Å². The van der Waals surface area contributed by atoms with Crippen LogP contribution in [-0.2, 0) is 4.79 Å². The summed E-state index contributed by atoms with van der Waals surface area (Å²) in [5, 5.41) is 10.6. The number of nitro benzene ring substituents is 1. The smallest absolute Gasteiger partial charge is 0.269 e. The molecule has 0 spiro atoms. The summed E-state index contributed by atoms with van der Waals surface area (Å²) in [7, 11) is 0. The molecule has 0 aliphatic heterocycles. The molecule has 2 aromatic rings. The van der Waals surface area contributed by atoms with E-state index in [0.29, 0.717) is 16.7 Å². The second-order valence-electron chi connectivity index (χ2n) is 4.56. The first kappa shape index (κ1) is 17.0. The van der Waals surface area contributed by atoms with E-state index < -0.39 is 4.92 Å². The molecule has 0 aromatic heterocycles. The highest BCUT2D eigenvalue weighted by molar-refractivity contribution is 6.09. The van der Waals surface area contributed by atoms with Gasteiger partial charge in [0, 0.05) is 30.2 Å². The largest absolute Gasteiger partial charge is 0.370 e. The number of primary amides is 1. The minimum absolute atomic E-state index is 0.00267. The van der Waals surface area contributed by atoms with Crippen molar-refractivity contribution < 1.29 is 14.5 Å². The molecule has 0 fully saturated rings. The lowest BCUT2D eigenvalue weighted by Crippen LogP contribution is -2.04. The Labute approximate surface area is 127 Å². The first-order valence-corrected chi connectivity index (χ1v) is 6.43. The third-order valence-electron chi connectivity index (χ3n) is 2.70. The number of nitrogens with two attached hydrogens (primary N) is 1. The Balaban J connectivity index is 0.000000541. The molecule has 0 saturated heterocycles. The highest BCUT2D eigenvalue weighted by atomic mass is 16.6. The molecule has 22 heavy (non-hydrogen) atoms. The van der Waals surface area contributed by atoms with E-state index in [0.717, 1.165) is 0 Å². The molecule has 0 unspecified atom stereocenters. The van der Waals surface area contributed by atoms with Crippen LogP contribution in [0.2, 0.25) is 0 Å². The van der Waals surface area contributed by atoms with Gasteiger partial charge in [0.05, 0.1) is 4.92 Å². The number of hydrogen-bond donors (Lipinski definition) is 1. The van der Waals surface area contributed by atoms with Crippen LogP contribution in [0.1, 0.15) is 28.4 Å². The number of hydrogen-bond acceptors (Lipinski definition) is 4. The maximum atomic E-state index is 12.2. The van der Waals surface area contributed by atoms with Gasteiger partial charge in [-0.1, -0.05) is 30.3 Å². The monoisotopic (exact) mass is 300 g/mol. The molecular weight excluding hydrogens is 284 g/mol. The van der Waals surface area contributed by atoms with E-state index in [4.69, 9.17) is 0 Å². The molecule has 0 atom stereocenters. The molecule has 6 heteroatoms. The molecule has 6 nitrogen and oxygen atoms in total.